The number of likely N-dealkylation sites (N-methyl/N-ethyl adjacent to an activating group) is 3. The third-order valence-electron chi connectivity index (χ3n) is 13.5. The van der Waals surface area contributed by atoms with Crippen molar-refractivity contribution >= 4 is 56.1 Å². The van der Waals surface area contributed by atoms with Gasteiger partial charge in [-0.1, -0.05) is 24.6 Å². The van der Waals surface area contributed by atoms with Crippen molar-refractivity contribution < 1.29 is 46.9 Å². The Morgan fingerprint density at radius 3 is 2.57 bits per heavy atom. The number of methoxy groups -OCH3 is 1. The molecule has 3 aromatic heterocycles. The molecule has 1 aliphatic carbocycles. The lowest BCUT2D eigenvalue weighted by molar-refractivity contribution is -1.03. The first-order valence-corrected chi connectivity index (χ1v) is 25.8. The minimum absolute atomic E-state index is 0.0407. The van der Waals surface area contributed by atoms with Gasteiger partial charge in [0.2, 0.25) is 10.0 Å². The fraction of sp³-hybridized carbons (Fsp3) is 0.542. The number of ether oxygens (including phenoxy) is 2. The molecule has 6 bridgehead atoms. The van der Waals surface area contributed by atoms with Gasteiger partial charge in [0.1, 0.15) is 31.4 Å². The standard InChI is InChI=1S/C48H66N9O9S2/c1-12-55-37-18-17-31-23-33(37)34(44(55)32-15-13-20-49-42(32)30(4)65-10)25-48(5,6)28-66-46(60)35-16-14-21-56(51-35)41(58)26-54(22-19-40-50-36(31)27-67-40)45(59)43(29(2)3)52(7)47(61)57(9,62)39-24-38(39)53(8)68(11,63)64/h13,15,17-18,20,23,27,30,35,38-39,51,62H,12,14,16,19,21-22,24-26,28H2,1-11H3/q+1/t30-,35-,38+,39+,57?/m0/s1. The summed E-state index contributed by atoms with van der Waals surface area (Å²) in [7, 11) is 2.13. The number of carbonyl (C=O) groups is 4. The molecule has 1 unspecified atom stereocenters. The van der Waals surface area contributed by atoms with E-state index in [9.17, 15) is 32.8 Å². The molecular formula is C48H66N9O9S2+. The Morgan fingerprint density at radius 1 is 1.16 bits per heavy atom. The molecule has 18 nitrogen and oxygen atoms in total. The molecule has 68 heavy (non-hydrogen) atoms. The van der Waals surface area contributed by atoms with Crippen molar-refractivity contribution in [1.29, 1.82) is 0 Å². The van der Waals surface area contributed by atoms with Crippen LogP contribution in [0.4, 0.5) is 4.79 Å². The number of fused-ring (bicyclic) bond motifs is 6. The first-order valence-electron chi connectivity index (χ1n) is 23.1. The largest absolute Gasteiger partial charge is 0.464 e. The van der Waals surface area contributed by atoms with Crippen LogP contribution in [0.1, 0.15) is 83.2 Å². The van der Waals surface area contributed by atoms with E-state index in [1.165, 1.54) is 42.4 Å². The quantitative estimate of drug-likeness (QED) is 0.0678. The number of allylic oxidation sites excluding steroid dienone is 1. The summed E-state index contributed by atoms with van der Waals surface area (Å²) in [6.45, 7) is 12.3. The molecule has 4 aromatic rings. The molecule has 4 amide bonds. The van der Waals surface area contributed by atoms with E-state index in [2.05, 4.69) is 55.0 Å². The number of cyclic esters (lactones) is 1. The fourth-order valence-electron chi connectivity index (χ4n) is 9.51. The van der Waals surface area contributed by atoms with Crippen LogP contribution in [0.25, 0.3) is 33.4 Å². The predicted octanol–water partition coefficient (Wildman–Crippen LogP) is 5.76. The van der Waals surface area contributed by atoms with E-state index >= 15 is 0 Å². The van der Waals surface area contributed by atoms with Crippen molar-refractivity contribution in [2.45, 2.75) is 104 Å². The van der Waals surface area contributed by atoms with Crippen LogP contribution in [-0.4, -0.2) is 155 Å². The van der Waals surface area contributed by atoms with Crippen LogP contribution in [0, 0.1) is 5.41 Å². The zero-order valence-electron chi connectivity index (χ0n) is 41.0. The highest BCUT2D eigenvalue weighted by Gasteiger charge is 2.60. The summed E-state index contributed by atoms with van der Waals surface area (Å²) in [6.07, 6.45) is 4.56. The normalized spacial score (nSPS) is 21.6. The van der Waals surface area contributed by atoms with E-state index in [4.69, 9.17) is 19.4 Å². The van der Waals surface area contributed by atoms with Gasteiger partial charge in [-0.3, -0.25) is 29.3 Å². The molecule has 1 saturated heterocycles. The van der Waals surface area contributed by atoms with E-state index in [1.807, 2.05) is 18.4 Å². The number of esters is 1. The Hall–Kier alpha value is -5.09. The molecule has 2 aliphatic heterocycles. The zero-order chi connectivity index (χ0) is 49.6. The number of hydroxylamine groups is 3. The number of hydrogen-bond acceptors (Lipinski definition) is 13. The van der Waals surface area contributed by atoms with Gasteiger partial charge in [-0.15, -0.1) is 11.3 Å². The van der Waals surface area contributed by atoms with Crippen LogP contribution >= 0.6 is 11.3 Å². The molecule has 5 atom stereocenters. The second kappa shape index (κ2) is 19.7. The molecular weight excluding hydrogens is 911 g/mol. The number of pyridine rings is 1. The minimum Gasteiger partial charge on any atom is -0.464 e. The summed E-state index contributed by atoms with van der Waals surface area (Å²) in [5, 5.41) is 16.7. The van der Waals surface area contributed by atoms with Crippen molar-refractivity contribution in [3.8, 4) is 22.5 Å². The summed E-state index contributed by atoms with van der Waals surface area (Å²) in [6, 6.07) is 7.31. The van der Waals surface area contributed by atoms with Gasteiger partial charge in [0.05, 0.1) is 47.1 Å². The van der Waals surface area contributed by atoms with Gasteiger partial charge in [-0.05, 0) is 82.4 Å². The van der Waals surface area contributed by atoms with Gasteiger partial charge < -0.3 is 18.9 Å². The van der Waals surface area contributed by atoms with Crippen molar-refractivity contribution in [1.82, 2.24) is 39.1 Å². The smallest absolute Gasteiger partial charge is 0.455 e. The number of aromatic nitrogens is 3. The molecule has 2 fully saturated rings. The summed E-state index contributed by atoms with van der Waals surface area (Å²) in [5.74, 6) is -1.59. The van der Waals surface area contributed by atoms with Crippen LogP contribution in [0.5, 0.6) is 0 Å². The number of thiazole rings is 1. The summed E-state index contributed by atoms with van der Waals surface area (Å²) < 4.78 is 38.7. The molecule has 3 aliphatic rings. The van der Waals surface area contributed by atoms with Gasteiger partial charge in [0.15, 0.2) is 0 Å². The molecule has 0 radical (unpaired) electrons. The highest BCUT2D eigenvalue weighted by molar-refractivity contribution is 7.88. The third kappa shape index (κ3) is 10.3. The van der Waals surface area contributed by atoms with Gasteiger partial charge >= 0.3 is 12.0 Å². The van der Waals surface area contributed by atoms with Crippen LogP contribution in [0.2, 0.25) is 0 Å². The van der Waals surface area contributed by atoms with E-state index in [0.717, 1.165) is 65.1 Å². The van der Waals surface area contributed by atoms with Gasteiger partial charge in [0, 0.05) is 92.7 Å². The first kappa shape index (κ1) is 50.8. The van der Waals surface area contributed by atoms with E-state index in [0.29, 0.717) is 31.4 Å². The number of benzene rings is 1. The van der Waals surface area contributed by atoms with Crippen molar-refractivity contribution in [2.24, 2.45) is 5.41 Å². The number of nitrogens with zero attached hydrogens (tertiary/aromatic N) is 8. The first-order chi connectivity index (χ1) is 32.0. The lowest BCUT2D eigenvalue weighted by Gasteiger charge is -2.35. The highest BCUT2D eigenvalue weighted by atomic mass is 32.2. The zero-order valence-corrected chi connectivity index (χ0v) is 42.7. The maximum Gasteiger partial charge on any atom is 0.455 e. The Morgan fingerprint density at radius 2 is 1.90 bits per heavy atom. The van der Waals surface area contributed by atoms with Gasteiger partial charge in [0.25, 0.3) is 11.8 Å². The van der Waals surface area contributed by atoms with Crippen LogP contribution in [0.3, 0.4) is 0 Å². The van der Waals surface area contributed by atoms with Crippen molar-refractivity contribution in [3.05, 3.63) is 69.4 Å². The third-order valence-corrected chi connectivity index (χ3v) is 15.7. The number of carbonyl (C=O) groups excluding carboxylic acids is 4. The number of urea groups is 1. The maximum absolute atomic E-state index is 14.8. The molecule has 0 spiro atoms. The number of aryl methyl sites for hydroxylation is 1. The predicted molar refractivity (Wildman–Crippen MR) is 258 cm³/mol. The maximum atomic E-state index is 14.8. The number of rotatable bonds is 9. The molecule has 7 rings (SSSR count). The number of quaternary nitrogens is 1. The number of amides is 4. The summed E-state index contributed by atoms with van der Waals surface area (Å²) >= 11 is 1.44. The van der Waals surface area contributed by atoms with Crippen LogP contribution in [-0.2, 0) is 53.3 Å². The number of hydrogen-bond donors (Lipinski definition) is 2. The Labute approximate surface area is 403 Å². The monoisotopic (exact) mass is 976 g/mol. The number of sulfonamides is 1. The topological polar surface area (TPSA) is 197 Å². The lowest BCUT2D eigenvalue weighted by Crippen LogP contribution is -2.59. The average Bonchev–Trinajstić information content (AvgIpc) is 3.89. The molecule has 1 aromatic carbocycles. The number of nitrogens with one attached hydrogen (secondary N) is 1. The van der Waals surface area contributed by atoms with E-state index < -0.39 is 68.6 Å². The highest BCUT2D eigenvalue weighted by Crippen LogP contribution is 2.42. The van der Waals surface area contributed by atoms with Crippen LogP contribution < -0.4 is 5.43 Å². The van der Waals surface area contributed by atoms with E-state index in [-0.39, 0.29) is 44.3 Å². The Balaban J connectivity index is 1.27. The fourth-order valence-corrected chi connectivity index (χ4v) is 11.0. The summed E-state index contributed by atoms with van der Waals surface area (Å²) in [5.41, 5.74) is 9.48. The molecule has 20 heteroatoms. The lowest BCUT2D eigenvalue weighted by atomic mass is 9.84. The van der Waals surface area contributed by atoms with Crippen LogP contribution in [0.15, 0.2) is 53.2 Å². The molecule has 368 valence electrons. The SMILES string of the molecule is CCn1c(-c2cccnc2[C@H](C)OC)c2c3cc(ccc31)-c1csc(n1)CCN(C(=O)C(=C(C)C)N(C)C(=O)[N+](C)(O)[C@@H]1C[C@H]1N(C)S(C)(=O)=O)CC(=O)N1CCC[C@H](N1)C(=O)OCC(C)(C)C2. The molecule has 2 N–H and O–H groups in total. The summed E-state index contributed by atoms with van der Waals surface area (Å²) in [4.78, 5) is 69.4. The number of hydrazine groups is 1. The average molecular weight is 977 g/mol. The van der Waals surface area contributed by atoms with Crippen molar-refractivity contribution in [2.75, 3.05) is 60.7 Å². The second-order valence-corrected chi connectivity index (χ2v) is 22.4. The Kier molecular flexibility index (Phi) is 14.7. The minimum atomic E-state index is -3.60. The Bertz CT molecular complexity index is 2740. The van der Waals surface area contributed by atoms with Gasteiger partial charge in [-0.2, -0.15) is 4.31 Å². The van der Waals surface area contributed by atoms with E-state index in [1.54, 1.807) is 27.2 Å². The van der Waals surface area contributed by atoms with Crippen molar-refractivity contribution in [3.63, 3.8) is 0 Å². The molecule has 1 saturated carbocycles. The second-order valence-electron chi connectivity index (χ2n) is 19.4. The molecule has 5 heterocycles. The van der Waals surface area contributed by atoms with Gasteiger partial charge in [-0.25, -0.2) is 28.8 Å².